The monoisotopic (exact) mass is 340 g/mol. The largest absolute Gasteiger partial charge is 0.383 e. The van der Waals surface area contributed by atoms with Gasteiger partial charge in [-0.2, -0.15) is 5.26 Å². The van der Waals surface area contributed by atoms with Gasteiger partial charge in [0.15, 0.2) is 5.72 Å². The lowest BCUT2D eigenvalue weighted by atomic mass is 9.91. The second kappa shape index (κ2) is 5.82. The molecule has 1 atom stereocenters. The highest BCUT2D eigenvalue weighted by Crippen LogP contribution is 2.41. The molecule has 1 amide bonds. The number of nitrogens with zero attached hydrogens (tertiary/aromatic N) is 2. The predicted octanol–water partition coefficient (Wildman–Crippen LogP) is 1.89. The summed E-state index contributed by atoms with van der Waals surface area (Å²) in [6.45, 7) is 3.85. The molecule has 3 rings (SSSR count). The van der Waals surface area contributed by atoms with Crippen molar-refractivity contribution in [2.45, 2.75) is 24.6 Å². The smallest absolute Gasteiger partial charge is 0.258 e. The van der Waals surface area contributed by atoms with Gasteiger partial charge < -0.3 is 16.2 Å². The molecule has 1 aromatic heterocycles. The van der Waals surface area contributed by atoms with Crippen molar-refractivity contribution < 1.29 is 9.90 Å². The summed E-state index contributed by atoms with van der Waals surface area (Å²) in [5.74, 6) is 0.160. The topological polar surface area (TPSA) is 112 Å². The number of aliphatic hydroxyl groups is 1. The summed E-state index contributed by atoms with van der Waals surface area (Å²) in [7, 11) is 0. The van der Waals surface area contributed by atoms with Crippen LogP contribution < -0.4 is 11.1 Å². The summed E-state index contributed by atoms with van der Waals surface area (Å²) < 4.78 is 0. The molecule has 0 radical (unpaired) electrons. The van der Waals surface area contributed by atoms with Crippen LogP contribution in [0.2, 0.25) is 0 Å². The van der Waals surface area contributed by atoms with Crippen LogP contribution >= 0.6 is 11.8 Å². The first-order chi connectivity index (χ1) is 11.4. The molecule has 1 unspecified atom stereocenters. The quantitative estimate of drug-likeness (QED) is 0.736. The zero-order valence-corrected chi connectivity index (χ0v) is 14.1. The number of aromatic nitrogens is 1. The highest BCUT2D eigenvalue weighted by atomic mass is 32.2. The minimum absolute atomic E-state index is 0.0143. The number of thioether (sulfide) groups is 1. The standard InChI is InChI=1S/C17H16N4O2S/c1-3-24-16-11(8-18)13-12(14(19)20-16)15(22)21-17(13,23)10-6-4-9(2)5-7-10/h4-7,23H,3H2,1-2H3,(H2,19,20)(H,21,22). The molecule has 122 valence electrons. The third kappa shape index (κ3) is 2.31. The van der Waals surface area contributed by atoms with Crippen molar-refractivity contribution in [2.75, 3.05) is 11.5 Å². The van der Waals surface area contributed by atoms with E-state index >= 15 is 0 Å². The Kier molecular flexibility index (Phi) is 3.95. The Morgan fingerprint density at radius 3 is 2.67 bits per heavy atom. The molecule has 6 nitrogen and oxygen atoms in total. The lowest BCUT2D eigenvalue weighted by Crippen LogP contribution is -2.40. The summed E-state index contributed by atoms with van der Waals surface area (Å²) in [5, 5.41) is 23.8. The lowest BCUT2D eigenvalue weighted by molar-refractivity contribution is 0.0473. The summed E-state index contributed by atoms with van der Waals surface area (Å²) in [5.41, 5.74) is 6.04. The number of nitrogen functional groups attached to an aromatic ring is 1. The molecule has 24 heavy (non-hydrogen) atoms. The van der Waals surface area contributed by atoms with Gasteiger partial charge >= 0.3 is 0 Å². The van der Waals surface area contributed by atoms with Gasteiger partial charge in [0.1, 0.15) is 16.9 Å². The Labute approximate surface area is 143 Å². The van der Waals surface area contributed by atoms with Gasteiger partial charge in [0, 0.05) is 11.1 Å². The van der Waals surface area contributed by atoms with Crippen molar-refractivity contribution in [3.05, 3.63) is 52.1 Å². The molecule has 0 bridgehead atoms. The number of anilines is 1. The first-order valence-corrected chi connectivity index (χ1v) is 8.39. The number of hydrogen-bond acceptors (Lipinski definition) is 6. The van der Waals surface area contributed by atoms with E-state index in [2.05, 4.69) is 16.4 Å². The second-order valence-corrected chi connectivity index (χ2v) is 6.76. The van der Waals surface area contributed by atoms with E-state index in [1.165, 1.54) is 11.8 Å². The minimum atomic E-state index is -1.80. The van der Waals surface area contributed by atoms with Gasteiger partial charge in [-0.1, -0.05) is 36.8 Å². The molecule has 0 aliphatic carbocycles. The van der Waals surface area contributed by atoms with Gasteiger partial charge in [-0.25, -0.2) is 4.98 Å². The van der Waals surface area contributed by atoms with Gasteiger partial charge in [0.25, 0.3) is 5.91 Å². The number of benzene rings is 1. The molecule has 1 aliphatic heterocycles. The van der Waals surface area contributed by atoms with Crippen molar-refractivity contribution in [3.8, 4) is 6.07 Å². The van der Waals surface area contributed by atoms with E-state index in [-0.39, 0.29) is 22.5 Å². The average molecular weight is 340 g/mol. The summed E-state index contributed by atoms with van der Waals surface area (Å²) in [4.78, 5) is 16.5. The molecule has 4 N–H and O–H groups in total. The van der Waals surface area contributed by atoms with Gasteiger partial charge in [0.05, 0.1) is 11.1 Å². The number of hydrogen-bond donors (Lipinski definition) is 3. The first-order valence-electron chi connectivity index (χ1n) is 7.41. The van der Waals surface area contributed by atoms with Crippen molar-refractivity contribution in [3.63, 3.8) is 0 Å². The van der Waals surface area contributed by atoms with Crippen LogP contribution in [0.1, 0.15) is 39.5 Å². The van der Waals surface area contributed by atoms with Crippen LogP contribution in [0.15, 0.2) is 29.3 Å². The van der Waals surface area contributed by atoms with Crippen molar-refractivity contribution in [2.24, 2.45) is 0 Å². The highest BCUT2D eigenvalue weighted by molar-refractivity contribution is 7.99. The second-order valence-electron chi connectivity index (χ2n) is 5.50. The number of aryl methyl sites for hydroxylation is 1. The highest BCUT2D eigenvalue weighted by Gasteiger charge is 2.47. The van der Waals surface area contributed by atoms with E-state index in [4.69, 9.17) is 5.73 Å². The van der Waals surface area contributed by atoms with Gasteiger partial charge in [0.2, 0.25) is 0 Å². The molecule has 0 spiro atoms. The Balaban J connectivity index is 2.32. The van der Waals surface area contributed by atoms with Crippen LogP contribution in [0.4, 0.5) is 5.82 Å². The zero-order valence-electron chi connectivity index (χ0n) is 13.3. The number of pyridine rings is 1. The van der Waals surface area contributed by atoms with Gasteiger partial charge in [-0.15, -0.1) is 11.8 Å². The molecule has 1 aromatic carbocycles. The van der Waals surface area contributed by atoms with E-state index < -0.39 is 11.6 Å². The van der Waals surface area contributed by atoms with Crippen molar-refractivity contribution in [1.82, 2.24) is 10.3 Å². The van der Waals surface area contributed by atoms with E-state index in [0.29, 0.717) is 16.3 Å². The number of rotatable bonds is 3. The molecule has 0 saturated heterocycles. The predicted molar refractivity (Wildman–Crippen MR) is 91.4 cm³/mol. The van der Waals surface area contributed by atoms with Crippen LogP contribution in [0.3, 0.4) is 0 Å². The molecule has 0 saturated carbocycles. The van der Waals surface area contributed by atoms with Crippen molar-refractivity contribution >= 4 is 23.5 Å². The Morgan fingerprint density at radius 1 is 1.42 bits per heavy atom. The number of carbonyl (C=O) groups excluding carboxylic acids is 1. The molecular weight excluding hydrogens is 324 g/mol. The molecular formula is C17H16N4O2S. The maximum absolute atomic E-state index is 12.4. The van der Waals surface area contributed by atoms with Crippen LogP contribution in [-0.2, 0) is 5.72 Å². The Morgan fingerprint density at radius 2 is 2.08 bits per heavy atom. The fourth-order valence-corrected chi connectivity index (χ4v) is 3.55. The fourth-order valence-electron chi connectivity index (χ4n) is 2.82. The Hall–Kier alpha value is -2.56. The minimum Gasteiger partial charge on any atom is -0.383 e. The van der Waals surface area contributed by atoms with Gasteiger partial charge in [-0.05, 0) is 12.7 Å². The Bertz CT molecular complexity index is 874. The number of amides is 1. The fraction of sp³-hybridized carbons (Fsp3) is 0.235. The summed E-state index contributed by atoms with van der Waals surface area (Å²) in [6.07, 6.45) is 0. The van der Waals surface area contributed by atoms with E-state index in [0.717, 1.165) is 5.56 Å². The lowest BCUT2D eigenvalue weighted by Gasteiger charge is -2.25. The summed E-state index contributed by atoms with van der Waals surface area (Å²) in [6, 6.07) is 9.17. The average Bonchev–Trinajstić information content (AvgIpc) is 2.81. The number of nitriles is 1. The third-order valence-electron chi connectivity index (χ3n) is 3.94. The van der Waals surface area contributed by atoms with Gasteiger partial charge in [-0.3, -0.25) is 4.79 Å². The maximum Gasteiger partial charge on any atom is 0.258 e. The van der Waals surface area contributed by atoms with Crippen LogP contribution in [-0.4, -0.2) is 21.8 Å². The SMILES string of the molecule is CCSc1nc(N)c2c(c1C#N)C(O)(c1ccc(C)cc1)NC2=O. The maximum atomic E-state index is 12.4. The summed E-state index contributed by atoms with van der Waals surface area (Å²) >= 11 is 1.34. The third-order valence-corrected chi connectivity index (χ3v) is 4.80. The van der Waals surface area contributed by atoms with E-state index in [1.807, 2.05) is 26.0 Å². The molecule has 7 heteroatoms. The van der Waals surface area contributed by atoms with E-state index in [1.54, 1.807) is 12.1 Å². The number of carbonyl (C=O) groups is 1. The van der Waals surface area contributed by atoms with E-state index in [9.17, 15) is 15.2 Å². The van der Waals surface area contributed by atoms with Crippen LogP contribution in [0, 0.1) is 18.3 Å². The number of fused-ring (bicyclic) bond motifs is 1. The van der Waals surface area contributed by atoms with Crippen LogP contribution in [0.25, 0.3) is 0 Å². The molecule has 0 fully saturated rings. The van der Waals surface area contributed by atoms with Crippen molar-refractivity contribution in [1.29, 1.82) is 5.26 Å². The first kappa shape index (κ1) is 16.3. The normalized spacial score (nSPS) is 18.8. The number of nitrogens with two attached hydrogens (primary N) is 1. The number of nitrogens with one attached hydrogen (secondary N) is 1. The molecule has 2 aromatic rings. The zero-order chi connectivity index (χ0) is 17.5. The molecule has 1 aliphatic rings. The molecule has 2 heterocycles. The van der Waals surface area contributed by atoms with Crippen LogP contribution in [0.5, 0.6) is 0 Å².